The lowest BCUT2D eigenvalue weighted by atomic mass is 10.0. The molecule has 5 atom stereocenters. The smallest absolute Gasteiger partial charge is 0.323 e. The van der Waals surface area contributed by atoms with Crippen molar-refractivity contribution in [3.8, 4) is 0 Å². The Bertz CT molecular complexity index is 404. The van der Waals surface area contributed by atoms with Crippen LogP contribution in [0.4, 0.5) is 0 Å². The Hall–Kier alpha value is -0.990. The first kappa shape index (κ1) is 26.0. The number of nitrogens with two attached hydrogens (primary N) is 1. The number of hydrogen-bond donors (Lipinski definition) is 6. The molecule has 0 rings (SSSR count). The molecular formula is C20H39NO6. The number of unbranched alkanes of at least 4 members (excludes halogenated alkanes) is 7. The Morgan fingerprint density at radius 2 is 1.44 bits per heavy atom. The maximum atomic E-state index is 10.7. The first-order valence-electron chi connectivity index (χ1n) is 10.2. The number of aliphatic carboxylic acids is 1. The molecule has 0 saturated heterocycles. The molecule has 0 aromatic rings. The zero-order chi connectivity index (χ0) is 20.7. The first-order chi connectivity index (χ1) is 12.8. The number of aliphatic hydroxyl groups is 4. The summed E-state index contributed by atoms with van der Waals surface area (Å²) in [5.41, 5.74) is 5.22. The van der Waals surface area contributed by atoms with E-state index in [0.717, 1.165) is 44.9 Å². The molecule has 0 aromatic heterocycles. The van der Waals surface area contributed by atoms with Gasteiger partial charge in [-0.05, 0) is 25.7 Å². The average molecular weight is 390 g/mol. The molecule has 0 spiro atoms. The first-order valence-corrected chi connectivity index (χ1v) is 10.2. The Morgan fingerprint density at radius 1 is 0.889 bits per heavy atom. The number of carboxylic acids is 1. The minimum absolute atomic E-state index is 0.193. The van der Waals surface area contributed by atoms with Crippen molar-refractivity contribution >= 4 is 5.97 Å². The van der Waals surface area contributed by atoms with E-state index in [9.17, 15) is 25.2 Å². The molecule has 0 radical (unpaired) electrons. The van der Waals surface area contributed by atoms with E-state index in [-0.39, 0.29) is 6.10 Å². The van der Waals surface area contributed by atoms with Crippen molar-refractivity contribution in [3.63, 3.8) is 0 Å². The zero-order valence-electron chi connectivity index (χ0n) is 16.5. The monoisotopic (exact) mass is 389 g/mol. The molecule has 0 saturated carbocycles. The van der Waals surface area contributed by atoms with Gasteiger partial charge in [0.05, 0.1) is 6.10 Å². The summed E-state index contributed by atoms with van der Waals surface area (Å²) in [5, 5.41) is 47.6. The van der Waals surface area contributed by atoms with Gasteiger partial charge in [0.15, 0.2) is 0 Å². The Labute approximate surface area is 162 Å². The molecule has 27 heavy (non-hydrogen) atoms. The number of carbonyl (C=O) groups is 1. The lowest BCUT2D eigenvalue weighted by molar-refractivity contribution is -0.145. The highest BCUT2D eigenvalue weighted by Gasteiger charge is 2.32. The van der Waals surface area contributed by atoms with Crippen molar-refractivity contribution in [2.24, 2.45) is 5.73 Å². The molecule has 160 valence electrons. The number of carboxylic acid groups (broad SMARTS) is 1. The van der Waals surface area contributed by atoms with Crippen LogP contribution in [0.2, 0.25) is 0 Å². The van der Waals surface area contributed by atoms with Crippen LogP contribution in [-0.4, -0.2) is 62.0 Å². The number of rotatable bonds is 17. The van der Waals surface area contributed by atoms with Gasteiger partial charge in [0.1, 0.15) is 24.4 Å². The van der Waals surface area contributed by atoms with Crippen LogP contribution in [0.5, 0.6) is 0 Å². The molecule has 0 aliphatic rings. The van der Waals surface area contributed by atoms with Crippen LogP contribution in [0, 0.1) is 0 Å². The van der Waals surface area contributed by atoms with Crippen LogP contribution < -0.4 is 5.73 Å². The highest BCUT2D eigenvalue weighted by molar-refractivity contribution is 5.74. The van der Waals surface area contributed by atoms with Crippen molar-refractivity contribution in [3.05, 3.63) is 12.2 Å². The summed E-state index contributed by atoms with van der Waals surface area (Å²) in [5.74, 6) is -1.44. The normalized spacial score (nSPS) is 17.6. The van der Waals surface area contributed by atoms with Crippen LogP contribution >= 0.6 is 0 Å². The van der Waals surface area contributed by atoms with E-state index >= 15 is 0 Å². The summed E-state index contributed by atoms with van der Waals surface area (Å²) in [7, 11) is 0. The van der Waals surface area contributed by atoms with Crippen molar-refractivity contribution in [1.29, 1.82) is 0 Å². The molecule has 7 N–H and O–H groups in total. The lowest BCUT2D eigenvalue weighted by Crippen LogP contribution is -2.51. The van der Waals surface area contributed by atoms with E-state index in [1.165, 1.54) is 25.3 Å². The number of hydrogen-bond acceptors (Lipinski definition) is 6. The third-order valence-corrected chi connectivity index (χ3v) is 4.74. The van der Waals surface area contributed by atoms with Crippen LogP contribution in [0.3, 0.4) is 0 Å². The summed E-state index contributed by atoms with van der Waals surface area (Å²) in [6.07, 6.45) is 9.25. The summed E-state index contributed by atoms with van der Waals surface area (Å²) in [4.78, 5) is 10.7. The Morgan fingerprint density at radius 3 is 2.00 bits per heavy atom. The molecule has 0 amide bonds. The quantitative estimate of drug-likeness (QED) is 0.164. The average Bonchev–Trinajstić information content (AvgIpc) is 2.65. The summed E-state index contributed by atoms with van der Waals surface area (Å²) in [6.45, 7) is 2.17. The molecule has 0 aliphatic heterocycles. The van der Waals surface area contributed by atoms with Gasteiger partial charge < -0.3 is 31.3 Å². The predicted molar refractivity (Wildman–Crippen MR) is 105 cm³/mol. The van der Waals surface area contributed by atoms with E-state index in [2.05, 4.69) is 6.92 Å². The predicted octanol–water partition coefficient (Wildman–Crippen LogP) is 1.71. The van der Waals surface area contributed by atoms with Gasteiger partial charge in [0.2, 0.25) is 0 Å². The van der Waals surface area contributed by atoms with Gasteiger partial charge in [-0.25, -0.2) is 0 Å². The lowest BCUT2D eigenvalue weighted by Gasteiger charge is -2.23. The van der Waals surface area contributed by atoms with E-state index in [1.54, 1.807) is 6.08 Å². The number of allylic oxidation sites excluding steroid dienone is 1. The van der Waals surface area contributed by atoms with Gasteiger partial charge in [-0.1, -0.05) is 64.0 Å². The van der Waals surface area contributed by atoms with Crippen molar-refractivity contribution in [1.82, 2.24) is 0 Å². The molecule has 0 fully saturated rings. The molecule has 7 nitrogen and oxygen atoms in total. The number of aliphatic hydroxyl groups excluding tert-OH is 4. The summed E-state index contributed by atoms with van der Waals surface area (Å²) < 4.78 is 0. The maximum Gasteiger partial charge on any atom is 0.323 e. The van der Waals surface area contributed by atoms with E-state index in [0.29, 0.717) is 6.42 Å². The second-order valence-corrected chi connectivity index (χ2v) is 7.26. The second-order valence-electron chi connectivity index (χ2n) is 7.26. The van der Waals surface area contributed by atoms with Gasteiger partial charge in [0, 0.05) is 0 Å². The van der Waals surface area contributed by atoms with E-state index in [4.69, 9.17) is 10.8 Å². The SMILES string of the molecule is CCCCCC[C@@H](O)CCCCCCC=C[C@H](O)[C@@H](O)[C@H](O)[C@H](N)C(=O)O. The second kappa shape index (κ2) is 16.0. The van der Waals surface area contributed by atoms with Crippen molar-refractivity contribution < 1.29 is 30.3 Å². The third kappa shape index (κ3) is 12.9. The highest BCUT2D eigenvalue weighted by Crippen LogP contribution is 2.13. The van der Waals surface area contributed by atoms with Crippen LogP contribution in [-0.2, 0) is 4.79 Å². The van der Waals surface area contributed by atoms with Crippen LogP contribution in [0.1, 0.15) is 77.6 Å². The van der Waals surface area contributed by atoms with Crippen molar-refractivity contribution in [2.75, 3.05) is 0 Å². The fourth-order valence-electron chi connectivity index (χ4n) is 2.86. The van der Waals surface area contributed by atoms with E-state index in [1.807, 2.05) is 0 Å². The van der Waals surface area contributed by atoms with Crippen molar-refractivity contribution in [2.45, 2.75) is 108 Å². The third-order valence-electron chi connectivity index (χ3n) is 4.74. The van der Waals surface area contributed by atoms with E-state index < -0.39 is 30.3 Å². The fourth-order valence-corrected chi connectivity index (χ4v) is 2.86. The molecule has 0 bridgehead atoms. The topological polar surface area (TPSA) is 144 Å². The van der Waals surface area contributed by atoms with Gasteiger partial charge in [0.25, 0.3) is 0 Å². The Kier molecular flexibility index (Phi) is 15.4. The summed E-state index contributed by atoms with van der Waals surface area (Å²) in [6, 6.07) is -1.65. The largest absolute Gasteiger partial charge is 0.480 e. The van der Waals surface area contributed by atoms with Gasteiger partial charge >= 0.3 is 5.97 Å². The molecule has 0 aliphatic carbocycles. The fraction of sp³-hybridized carbons (Fsp3) is 0.850. The molecule has 0 unspecified atom stereocenters. The Balaban J connectivity index is 3.75. The van der Waals surface area contributed by atoms with Gasteiger partial charge in [-0.15, -0.1) is 0 Å². The van der Waals surface area contributed by atoms with Gasteiger partial charge in [-0.3, -0.25) is 4.79 Å². The maximum absolute atomic E-state index is 10.7. The van der Waals surface area contributed by atoms with Gasteiger partial charge in [-0.2, -0.15) is 0 Å². The standard InChI is InChI=1S/C20H39NO6/c1-2-3-4-9-12-15(22)13-10-7-5-6-8-11-14-16(23)18(24)19(25)17(21)20(26)27/h11,14-19,22-25H,2-10,12-13,21H2,1H3,(H,26,27)/t15-,16+,17+,18-,19-/m1/s1. The molecule has 0 aromatic carbocycles. The van der Waals surface area contributed by atoms with Crippen LogP contribution in [0.15, 0.2) is 12.2 Å². The minimum Gasteiger partial charge on any atom is -0.480 e. The summed E-state index contributed by atoms with van der Waals surface area (Å²) >= 11 is 0. The molecule has 7 heteroatoms. The minimum atomic E-state index is -1.74. The highest BCUT2D eigenvalue weighted by atomic mass is 16.4. The zero-order valence-corrected chi connectivity index (χ0v) is 16.5. The molecule has 0 heterocycles. The molecular weight excluding hydrogens is 350 g/mol. The van der Waals surface area contributed by atoms with Crippen LogP contribution in [0.25, 0.3) is 0 Å².